The molecule has 0 saturated carbocycles. The zero-order valence-electron chi connectivity index (χ0n) is 9.37. The molecular formula is C8H14BIO7P. The molecule has 0 bridgehead atoms. The number of ether oxygens (including phenoxy) is 1. The van der Waals surface area contributed by atoms with Crippen LogP contribution in [0, 0.1) is 0 Å². The number of rotatable bonds is 9. The Hall–Kier alpha value is 0.0449. The Bertz CT molecular complexity index is 278. The van der Waals surface area contributed by atoms with Crippen LogP contribution < -0.4 is 0 Å². The van der Waals surface area contributed by atoms with Gasteiger partial charge in [0, 0.05) is 0 Å². The highest BCUT2D eigenvalue weighted by atomic mass is 127. The Morgan fingerprint density at radius 3 is 2.11 bits per heavy atom. The van der Waals surface area contributed by atoms with Gasteiger partial charge in [-0.2, -0.15) is 22.4 Å². The van der Waals surface area contributed by atoms with Crippen molar-refractivity contribution in [3.8, 4) is 0 Å². The molecule has 0 aliphatic heterocycles. The average molecular weight is 391 g/mol. The van der Waals surface area contributed by atoms with E-state index in [1.54, 1.807) is 4.86 Å². The molecule has 18 heavy (non-hydrogen) atoms. The largest absolute Gasteiger partial charge is 0.481 e. The summed E-state index contributed by atoms with van der Waals surface area (Å²) in [5.74, 6) is -2.01. The van der Waals surface area contributed by atoms with E-state index in [-0.39, 0.29) is 14.9 Å². The summed E-state index contributed by atoms with van der Waals surface area (Å²) in [6.07, 6.45) is -0.380. The van der Waals surface area contributed by atoms with E-state index in [0.717, 1.165) is 0 Å². The lowest BCUT2D eigenvalue weighted by molar-refractivity contribution is -0.177. The van der Waals surface area contributed by atoms with Crippen LogP contribution in [0.2, 0.25) is 0 Å². The number of aliphatic hydroxyl groups excluding tert-OH is 3. The molecule has 0 rings (SSSR count). The van der Waals surface area contributed by atoms with Crippen molar-refractivity contribution in [2.24, 2.45) is 0 Å². The van der Waals surface area contributed by atoms with Gasteiger partial charge in [0.25, 0.3) is 0 Å². The van der Waals surface area contributed by atoms with Gasteiger partial charge in [-0.05, 0) is 0 Å². The predicted octanol–water partition coefficient (Wildman–Crippen LogP) is -1.26. The lowest BCUT2D eigenvalue weighted by Crippen LogP contribution is -2.46. The molecule has 0 aliphatic carbocycles. The third kappa shape index (κ3) is 5.79. The van der Waals surface area contributed by atoms with E-state index in [0.29, 0.717) is 0 Å². The standard InChI is InChI=1S/C8H14BIO7P/c10-9-18-5(7(15)16)1-6(14)17-8(2-11,3-12)4-13/h5,11-13,18H,1-4H2,(H,15,16). The maximum atomic E-state index is 11.5. The summed E-state index contributed by atoms with van der Waals surface area (Å²) in [6, 6.07) is 0. The van der Waals surface area contributed by atoms with E-state index < -0.39 is 43.0 Å². The molecule has 0 aromatic heterocycles. The van der Waals surface area contributed by atoms with E-state index in [9.17, 15) is 9.59 Å². The fourth-order valence-corrected chi connectivity index (χ4v) is 2.87. The highest BCUT2D eigenvalue weighted by Gasteiger charge is 2.34. The minimum Gasteiger partial charge on any atom is -0.481 e. The number of aliphatic carboxylic acids is 1. The molecule has 0 spiro atoms. The second-order valence-electron chi connectivity index (χ2n) is 3.50. The molecule has 10 heteroatoms. The average Bonchev–Trinajstić information content (AvgIpc) is 2.35. The van der Waals surface area contributed by atoms with Gasteiger partial charge in [-0.1, -0.05) is 0 Å². The number of carboxylic acid groups (broad SMARTS) is 1. The van der Waals surface area contributed by atoms with Crippen molar-refractivity contribution in [3.05, 3.63) is 0 Å². The quantitative estimate of drug-likeness (QED) is 0.167. The first-order valence-electron chi connectivity index (χ1n) is 4.90. The van der Waals surface area contributed by atoms with Crippen LogP contribution >= 0.6 is 30.8 Å². The minimum absolute atomic E-state index is 0.0587. The van der Waals surface area contributed by atoms with Crippen LogP contribution in [0.25, 0.3) is 0 Å². The van der Waals surface area contributed by atoms with Crippen LogP contribution in [0.5, 0.6) is 0 Å². The van der Waals surface area contributed by atoms with Crippen LogP contribution in [0.1, 0.15) is 6.42 Å². The van der Waals surface area contributed by atoms with Gasteiger partial charge in [-0.25, -0.2) is 0 Å². The first-order valence-corrected chi connectivity index (χ1v) is 7.30. The number of esters is 1. The highest BCUT2D eigenvalue weighted by Crippen LogP contribution is 2.24. The van der Waals surface area contributed by atoms with E-state index >= 15 is 0 Å². The van der Waals surface area contributed by atoms with Gasteiger partial charge < -0.3 is 25.2 Å². The molecule has 0 heterocycles. The lowest BCUT2D eigenvalue weighted by atomic mass is 10.1. The number of carbonyl (C=O) groups is 2. The van der Waals surface area contributed by atoms with Crippen molar-refractivity contribution in [2.45, 2.75) is 17.7 Å². The van der Waals surface area contributed by atoms with Crippen molar-refractivity contribution < 1.29 is 34.8 Å². The van der Waals surface area contributed by atoms with Crippen molar-refractivity contribution in [2.75, 3.05) is 19.8 Å². The topological polar surface area (TPSA) is 124 Å². The van der Waals surface area contributed by atoms with Gasteiger partial charge in [0.2, 0.25) is 4.86 Å². The van der Waals surface area contributed by atoms with Crippen LogP contribution in [0.4, 0.5) is 0 Å². The first-order chi connectivity index (χ1) is 8.44. The Kier molecular flexibility index (Phi) is 9.05. The first kappa shape index (κ1) is 18.0. The van der Waals surface area contributed by atoms with Crippen LogP contribution in [0.3, 0.4) is 0 Å². The molecule has 2 unspecified atom stereocenters. The van der Waals surface area contributed by atoms with Crippen molar-refractivity contribution >= 4 is 47.6 Å². The molecule has 103 valence electrons. The van der Waals surface area contributed by atoms with E-state index in [2.05, 4.69) is 0 Å². The van der Waals surface area contributed by atoms with Crippen molar-refractivity contribution in [1.29, 1.82) is 0 Å². The second kappa shape index (κ2) is 9.03. The molecular weight excluding hydrogens is 377 g/mol. The third-order valence-corrected chi connectivity index (χ3v) is 4.19. The van der Waals surface area contributed by atoms with Gasteiger partial charge in [0.1, 0.15) is 0 Å². The van der Waals surface area contributed by atoms with Crippen LogP contribution in [0.15, 0.2) is 0 Å². The maximum Gasteiger partial charge on any atom is 0.310 e. The van der Waals surface area contributed by atoms with Gasteiger partial charge in [0.05, 0.1) is 31.9 Å². The molecule has 2 atom stereocenters. The summed E-state index contributed by atoms with van der Waals surface area (Å²) >= 11 is 1.88. The summed E-state index contributed by atoms with van der Waals surface area (Å²) in [6.45, 7) is -2.24. The van der Waals surface area contributed by atoms with E-state index in [4.69, 9.17) is 25.2 Å². The monoisotopic (exact) mass is 391 g/mol. The summed E-state index contributed by atoms with van der Waals surface area (Å²) in [5, 5.41) is 35.7. The Morgan fingerprint density at radius 2 is 1.78 bits per heavy atom. The number of hydrogen-bond donors (Lipinski definition) is 4. The number of carboxylic acids is 1. The molecule has 0 aromatic carbocycles. The summed E-state index contributed by atoms with van der Waals surface area (Å²) in [5.41, 5.74) is -2.67. The minimum atomic E-state index is -1.77. The van der Waals surface area contributed by atoms with Gasteiger partial charge >= 0.3 is 11.9 Å². The molecule has 7 nitrogen and oxygen atoms in total. The smallest absolute Gasteiger partial charge is 0.310 e. The molecule has 0 aliphatic rings. The van der Waals surface area contributed by atoms with Gasteiger partial charge in [-0.15, -0.1) is 8.46 Å². The molecule has 0 fully saturated rings. The van der Waals surface area contributed by atoms with E-state index in [1.807, 2.05) is 22.4 Å². The number of halogens is 1. The number of carbonyl (C=O) groups excluding carboxylic acids is 1. The molecule has 0 amide bonds. The Labute approximate surface area is 120 Å². The normalized spacial score (nSPS) is 13.6. The molecule has 0 aromatic rings. The lowest BCUT2D eigenvalue weighted by Gasteiger charge is -2.27. The Balaban J connectivity index is 4.51. The fraction of sp³-hybridized carbons (Fsp3) is 0.750. The zero-order valence-corrected chi connectivity index (χ0v) is 12.5. The summed E-state index contributed by atoms with van der Waals surface area (Å²) in [4.78, 5) is 23.9. The maximum absolute atomic E-state index is 11.5. The number of aliphatic hydroxyl groups is 3. The fourth-order valence-electron chi connectivity index (χ4n) is 0.990. The molecule has 4 N–H and O–H groups in total. The molecule has 1 radical (unpaired) electrons. The van der Waals surface area contributed by atoms with Crippen molar-refractivity contribution in [3.63, 3.8) is 0 Å². The second-order valence-corrected chi connectivity index (χ2v) is 6.62. The predicted molar refractivity (Wildman–Crippen MR) is 74.2 cm³/mol. The highest BCUT2D eigenvalue weighted by molar-refractivity contribution is 14.1. The zero-order chi connectivity index (χ0) is 14.2. The summed E-state index contributed by atoms with van der Waals surface area (Å²) < 4.78 is 4.75. The van der Waals surface area contributed by atoms with Gasteiger partial charge in [-0.3, -0.25) is 9.59 Å². The number of hydrogen-bond acceptors (Lipinski definition) is 6. The third-order valence-electron chi connectivity index (χ3n) is 2.13. The Morgan fingerprint density at radius 1 is 1.28 bits per heavy atom. The SMILES string of the molecule is O=C(CC(P[B]I)C(=O)O)OC(CO)(CO)CO. The van der Waals surface area contributed by atoms with Gasteiger partial charge in [0.15, 0.2) is 5.60 Å². The molecule has 0 saturated heterocycles. The van der Waals surface area contributed by atoms with Crippen LogP contribution in [-0.2, 0) is 14.3 Å². The van der Waals surface area contributed by atoms with Crippen LogP contribution in [-0.4, -0.2) is 68.3 Å². The van der Waals surface area contributed by atoms with Crippen molar-refractivity contribution in [1.82, 2.24) is 0 Å². The summed E-state index contributed by atoms with van der Waals surface area (Å²) in [7, 11) is -0.0587. The van der Waals surface area contributed by atoms with E-state index in [1.165, 1.54) is 0 Å².